The van der Waals surface area contributed by atoms with Gasteiger partial charge in [-0.1, -0.05) is 0 Å². The Bertz CT molecular complexity index is 357. The van der Waals surface area contributed by atoms with E-state index in [0.29, 0.717) is 9.99 Å². The van der Waals surface area contributed by atoms with Crippen LogP contribution in [0.2, 0.25) is 0 Å². The van der Waals surface area contributed by atoms with Crippen LogP contribution in [-0.2, 0) is 6.54 Å². The molecule has 1 heterocycles. The smallest absolute Gasteiger partial charge is 0.265 e. The number of pyridine rings is 1. The normalized spacial score (nSPS) is 10.6. The molecule has 0 aliphatic rings. The summed E-state index contributed by atoms with van der Waals surface area (Å²) in [7, 11) is 0. The summed E-state index contributed by atoms with van der Waals surface area (Å²) in [6.07, 6.45) is -1.10. The van der Waals surface area contributed by atoms with Gasteiger partial charge in [0.1, 0.15) is 3.70 Å². The van der Waals surface area contributed by atoms with Crippen molar-refractivity contribution in [2.45, 2.75) is 13.0 Å². The molecule has 0 saturated heterocycles. The third kappa shape index (κ3) is 2.06. The van der Waals surface area contributed by atoms with E-state index in [1.807, 2.05) is 0 Å². The molecule has 0 atom stereocenters. The predicted octanol–water partition coefficient (Wildman–Crippen LogP) is 1.89. The highest BCUT2D eigenvalue weighted by Gasteiger charge is 2.17. The summed E-state index contributed by atoms with van der Waals surface area (Å²) in [5.41, 5.74) is 5.38. The Morgan fingerprint density at radius 2 is 2.29 bits per heavy atom. The van der Waals surface area contributed by atoms with Gasteiger partial charge in [-0.25, -0.2) is 13.8 Å². The zero-order chi connectivity index (χ0) is 10.7. The largest absolute Gasteiger partial charge is 0.326 e. The Morgan fingerprint density at radius 3 is 2.71 bits per heavy atom. The molecule has 0 radical (unpaired) electrons. The lowest BCUT2D eigenvalue weighted by Gasteiger charge is -2.09. The number of carbonyl (C=O) groups excluding carboxylic acids is 1. The number of nitrogens with zero attached hydrogens (tertiary/aromatic N) is 1. The molecule has 0 bridgehead atoms. The molecule has 0 amide bonds. The second-order valence-corrected chi connectivity index (χ2v) is 3.54. The molecule has 1 aromatic heterocycles. The van der Waals surface area contributed by atoms with Crippen molar-refractivity contribution in [3.8, 4) is 0 Å². The van der Waals surface area contributed by atoms with Crippen molar-refractivity contribution in [3.63, 3.8) is 0 Å². The molecular formula is C8H7F2IN2O. The van der Waals surface area contributed by atoms with Crippen LogP contribution >= 0.6 is 22.6 Å². The van der Waals surface area contributed by atoms with Gasteiger partial charge in [-0.2, -0.15) is 0 Å². The fourth-order valence-corrected chi connectivity index (χ4v) is 1.68. The third-order valence-corrected chi connectivity index (χ3v) is 2.63. The summed E-state index contributed by atoms with van der Waals surface area (Å²) in [6.45, 7) is -0.0910. The van der Waals surface area contributed by atoms with Crippen LogP contribution in [0.1, 0.15) is 27.9 Å². The van der Waals surface area contributed by atoms with Gasteiger partial charge in [0.25, 0.3) is 6.43 Å². The van der Waals surface area contributed by atoms with E-state index in [4.69, 9.17) is 5.73 Å². The van der Waals surface area contributed by atoms with Crippen molar-refractivity contribution in [1.82, 2.24) is 4.98 Å². The second kappa shape index (κ2) is 4.74. The summed E-state index contributed by atoms with van der Waals surface area (Å²) in [5, 5.41) is 0. The average Bonchev–Trinajstić information content (AvgIpc) is 2.16. The number of aromatic nitrogens is 1. The molecule has 0 fully saturated rings. The van der Waals surface area contributed by atoms with Gasteiger partial charge in [0, 0.05) is 18.3 Å². The number of alkyl halides is 2. The summed E-state index contributed by atoms with van der Waals surface area (Å²) in [6, 6.07) is 0. The molecule has 0 saturated carbocycles. The van der Waals surface area contributed by atoms with Crippen LogP contribution in [0.15, 0.2) is 6.20 Å². The summed E-state index contributed by atoms with van der Waals surface area (Å²) < 4.78 is 25.3. The fraction of sp³-hybridized carbons (Fsp3) is 0.250. The summed E-state index contributed by atoms with van der Waals surface area (Å²) in [5.74, 6) is 0. The van der Waals surface area contributed by atoms with E-state index in [1.54, 1.807) is 22.6 Å². The predicted molar refractivity (Wildman–Crippen MR) is 55.2 cm³/mol. The number of carbonyl (C=O) groups is 1. The highest BCUT2D eigenvalue weighted by atomic mass is 127. The SMILES string of the molecule is NCc1c(C(F)F)cnc(I)c1C=O. The Kier molecular flexibility index (Phi) is 3.87. The van der Waals surface area contributed by atoms with Crippen LogP contribution in [0, 0.1) is 3.70 Å². The maximum atomic E-state index is 12.4. The first kappa shape index (κ1) is 11.4. The highest BCUT2D eigenvalue weighted by Crippen LogP contribution is 2.25. The van der Waals surface area contributed by atoms with Crippen LogP contribution in [0.3, 0.4) is 0 Å². The molecular weight excluding hydrogens is 305 g/mol. The average molecular weight is 312 g/mol. The van der Waals surface area contributed by atoms with Crippen LogP contribution in [0.25, 0.3) is 0 Å². The summed E-state index contributed by atoms with van der Waals surface area (Å²) >= 11 is 1.81. The molecule has 76 valence electrons. The topological polar surface area (TPSA) is 56.0 Å². The molecule has 3 nitrogen and oxygen atoms in total. The lowest BCUT2D eigenvalue weighted by Crippen LogP contribution is -2.09. The molecule has 14 heavy (non-hydrogen) atoms. The standard InChI is InChI=1S/C8H7F2IN2O/c9-7(10)5-2-13-8(11)6(3-14)4(5)1-12/h2-3,7H,1,12H2. The first-order valence-corrected chi connectivity index (χ1v) is 4.80. The second-order valence-electron chi connectivity index (χ2n) is 2.52. The Labute approximate surface area is 92.8 Å². The molecule has 0 aromatic carbocycles. The minimum absolute atomic E-state index is 0.0910. The van der Waals surface area contributed by atoms with Crippen molar-refractivity contribution in [2.75, 3.05) is 0 Å². The quantitative estimate of drug-likeness (QED) is 0.527. The van der Waals surface area contributed by atoms with Gasteiger partial charge >= 0.3 is 0 Å². The first-order chi connectivity index (χ1) is 6.61. The zero-order valence-corrected chi connectivity index (χ0v) is 9.16. The van der Waals surface area contributed by atoms with Gasteiger partial charge in [-0.05, 0) is 28.2 Å². The molecule has 2 N–H and O–H groups in total. The van der Waals surface area contributed by atoms with Gasteiger partial charge < -0.3 is 5.73 Å². The van der Waals surface area contributed by atoms with Gasteiger partial charge in [0.15, 0.2) is 6.29 Å². The number of hydrogen-bond donors (Lipinski definition) is 1. The van der Waals surface area contributed by atoms with Gasteiger partial charge in [-0.3, -0.25) is 4.79 Å². The number of aldehydes is 1. The molecule has 1 rings (SSSR count). The van der Waals surface area contributed by atoms with Crippen molar-refractivity contribution in [3.05, 3.63) is 26.6 Å². The van der Waals surface area contributed by atoms with Crippen molar-refractivity contribution < 1.29 is 13.6 Å². The Morgan fingerprint density at radius 1 is 1.64 bits per heavy atom. The zero-order valence-electron chi connectivity index (χ0n) is 7.01. The maximum Gasteiger partial charge on any atom is 0.265 e. The Balaban J connectivity index is 3.40. The van der Waals surface area contributed by atoms with Crippen molar-refractivity contribution >= 4 is 28.9 Å². The van der Waals surface area contributed by atoms with E-state index >= 15 is 0 Å². The molecule has 0 aliphatic heterocycles. The fourth-order valence-electron chi connectivity index (χ4n) is 1.09. The molecule has 0 spiro atoms. The lowest BCUT2D eigenvalue weighted by atomic mass is 10.1. The van der Waals surface area contributed by atoms with E-state index < -0.39 is 6.43 Å². The maximum absolute atomic E-state index is 12.4. The minimum Gasteiger partial charge on any atom is -0.326 e. The van der Waals surface area contributed by atoms with Crippen LogP contribution in [0.4, 0.5) is 8.78 Å². The van der Waals surface area contributed by atoms with E-state index in [2.05, 4.69) is 4.98 Å². The molecule has 0 unspecified atom stereocenters. The lowest BCUT2D eigenvalue weighted by molar-refractivity contribution is 0.112. The van der Waals surface area contributed by atoms with Crippen LogP contribution in [-0.4, -0.2) is 11.3 Å². The summed E-state index contributed by atoms with van der Waals surface area (Å²) in [4.78, 5) is 14.3. The van der Waals surface area contributed by atoms with E-state index in [-0.39, 0.29) is 23.2 Å². The minimum atomic E-state index is -2.66. The highest BCUT2D eigenvalue weighted by molar-refractivity contribution is 14.1. The Hall–Kier alpha value is -0.630. The monoisotopic (exact) mass is 312 g/mol. The van der Waals surface area contributed by atoms with Crippen molar-refractivity contribution in [1.29, 1.82) is 0 Å². The van der Waals surface area contributed by atoms with E-state index in [0.717, 1.165) is 6.20 Å². The van der Waals surface area contributed by atoms with E-state index in [9.17, 15) is 13.6 Å². The number of rotatable bonds is 3. The number of halogens is 3. The van der Waals surface area contributed by atoms with Gasteiger partial charge in [0.05, 0.1) is 5.56 Å². The van der Waals surface area contributed by atoms with Gasteiger partial charge in [0.2, 0.25) is 0 Å². The van der Waals surface area contributed by atoms with Crippen LogP contribution < -0.4 is 5.73 Å². The number of nitrogens with two attached hydrogens (primary N) is 1. The molecule has 1 aromatic rings. The number of hydrogen-bond acceptors (Lipinski definition) is 3. The van der Waals surface area contributed by atoms with Crippen molar-refractivity contribution in [2.24, 2.45) is 5.73 Å². The van der Waals surface area contributed by atoms with E-state index in [1.165, 1.54) is 0 Å². The van der Waals surface area contributed by atoms with Gasteiger partial charge in [-0.15, -0.1) is 0 Å². The first-order valence-electron chi connectivity index (χ1n) is 3.72. The third-order valence-electron chi connectivity index (χ3n) is 1.77. The van der Waals surface area contributed by atoms with Crippen LogP contribution in [0.5, 0.6) is 0 Å². The molecule has 6 heteroatoms. The molecule has 0 aliphatic carbocycles.